The van der Waals surface area contributed by atoms with E-state index in [2.05, 4.69) is 5.32 Å². The molecule has 0 unspecified atom stereocenters. The van der Waals surface area contributed by atoms with Crippen molar-refractivity contribution in [2.75, 3.05) is 6.61 Å². The monoisotopic (exact) mass is 245 g/mol. The van der Waals surface area contributed by atoms with E-state index in [-0.39, 0.29) is 12.5 Å². The van der Waals surface area contributed by atoms with Gasteiger partial charge in [-0.15, -0.1) is 0 Å². The first-order chi connectivity index (χ1) is 7.76. The Morgan fingerprint density at radius 1 is 1.35 bits per heavy atom. The maximum absolute atomic E-state index is 11.5. The van der Waals surface area contributed by atoms with Crippen molar-refractivity contribution >= 4 is 11.9 Å². The minimum Gasteiger partial charge on any atom is -0.480 e. The van der Waals surface area contributed by atoms with Crippen LogP contribution in [0.3, 0.4) is 0 Å². The van der Waals surface area contributed by atoms with Crippen LogP contribution in [0.1, 0.15) is 47.0 Å². The molecular weight excluding hydrogens is 222 g/mol. The lowest BCUT2D eigenvalue weighted by Crippen LogP contribution is -2.43. The van der Waals surface area contributed by atoms with Gasteiger partial charge in [-0.1, -0.05) is 19.8 Å². The molecule has 0 spiro atoms. The van der Waals surface area contributed by atoms with E-state index >= 15 is 0 Å². The Bertz CT molecular complexity index is 258. The zero-order valence-corrected chi connectivity index (χ0v) is 11.1. The third-order valence-corrected chi connectivity index (χ3v) is 2.12. The SMILES string of the molecule is CCCC[C@H](NC(=O)COC(C)(C)C)C(=O)O. The molecule has 0 aliphatic rings. The summed E-state index contributed by atoms with van der Waals surface area (Å²) < 4.78 is 5.27. The summed E-state index contributed by atoms with van der Waals surface area (Å²) in [5.41, 5.74) is -0.403. The highest BCUT2D eigenvalue weighted by Gasteiger charge is 2.20. The van der Waals surface area contributed by atoms with Gasteiger partial charge in [0.1, 0.15) is 12.6 Å². The fourth-order valence-electron chi connectivity index (χ4n) is 1.18. The van der Waals surface area contributed by atoms with Gasteiger partial charge >= 0.3 is 5.97 Å². The number of unbranched alkanes of at least 4 members (excludes halogenated alkanes) is 1. The highest BCUT2D eigenvalue weighted by molar-refractivity contribution is 5.84. The molecule has 0 saturated heterocycles. The number of carboxylic acids is 1. The van der Waals surface area contributed by atoms with Gasteiger partial charge in [0, 0.05) is 0 Å². The molecule has 0 radical (unpaired) electrons. The number of amides is 1. The summed E-state index contributed by atoms with van der Waals surface area (Å²) in [4.78, 5) is 22.4. The Balaban J connectivity index is 4.08. The maximum atomic E-state index is 11.5. The summed E-state index contributed by atoms with van der Waals surface area (Å²) in [5.74, 6) is -1.38. The van der Waals surface area contributed by atoms with Gasteiger partial charge in [0.05, 0.1) is 5.60 Å². The second-order valence-corrected chi connectivity index (χ2v) is 5.00. The lowest BCUT2D eigenvalue weighted by atomic mass is 10.1. The van der Waals surface area contributed by atoms with Crippen LogP contribution in [0.15, 0.2) is 0 Å². The molecule has 0 aliphatic carbocycles. The minimum absolute atomic E-state index is 0.112. The number of aliphatic carboxylic acids is 1. The van der Waals surface area contributed by atoms with E-state index in [1.807, 2.05) is 27.7 Å². The lowest BCUT2D eigenvalue weighted by molar-refractivity contribution is -0.143. The standard InChI is InChI=1S/C12H23NO4/c1-5-6-7-9(11(15)16)13-10(14)8-17-12(2,3)4/h9H,5-8H2,1-4H3,(H,13,14)(H,15,16)/t9-/m0/s1. The number of carbonyl (C=O) groups is 2. The average molecular weight is 245 g/mol. The normalized spacial score (nSPS) is 13.2. The van der Waals surface area contributed by atoms with Crippen LogP contribution in [0.2, 0.25) is 0 Å². The molecule has 1 amide bonds. The molecule has 5 heteroatoms. The number of hydrogen-bond donors (Lipinski definition) is 2. The molecular formula is C12H23NO4. The van der Waals surface area contributed by atoms with Crippen molar-refractivity contribution in [3.05, 3.63) is 0 Å². The van der Waals surface area contributed by atoms with Crippen molar-refractivity contribution in [3.63, 3.8) is 0 Å². The van der Waals surface area contributed by atoms with Crippen molar-refractivity contribution in [2.24, 2.45) is 0 Å². The molecule has 0 aromatic rings. The first-order valence-corrected chi connectivity index (χ1v) is 5.92. The summed E-state index contributed by atoms with van der Waals surface area (Å²) in [5, 5.41) is 11.4. The van der Waals surface area contributed by atoms with Gasteiger partial charge in [-0.3, -0.25) is 4.79 Å². The quantitative estimate of drug-likeness (QED) is 0.713. The van der Waals surface area contributed by atoms with E-state index in [0.29, 0.717) is 6.42 Å². The second-order valence-electron chi connectivity index (χ2n) is 5.00. The first kappa shape index (κ1) is 15.9. The van der Waals surface area contributed by atoms with Crippen LogP contribution in [0, 0.1) is 0 Å². The molecule has 0 rings (SSSR count). The van der Waals surface area contributed by atoms with Gasteiger partial charge in [-0.05, 0) is 27.2 Å². The molecule has 0 heterocycles. The van der Waals surface area contributed by atoms with E-state index in [4.69, 9.17) is 9.84 Å². The van der Waals surface area contributed by atoms with E-state index in [1.165, 1.54) is 0 Å². The highest BCUT2D eigenvalue weighted by Crippen LogP contribution is 2.06. The molecule has 5 nitrogen and oxygen atoms in total. The summed E-state index contributed by atoms with van der Waals surface area (Å²) >= 11 is 0. The van der Waals surface area contributed by atoms with Crippen LogP contribution in [0.5, 0.6) is 0 Å². The van der Waals surface area contributed by atoms with Gasteiger partial charge in [0.2, 0.25) is 5.91 Å². The van der Waals surface area contributed by atoms with E-state index < -0.39 is 17.6 Å². The predicted octanol–water partition coefficient (Wildman–Crippen LogP) is 1.56. The molecule has 0 saturated carbocycles. The summed E-state index contributed by atoms with van der Waals surface area (Å²) in [6, 6.07) is -0.814. The fourth-order valence-corrected chi connectivity index (χ4v) is 1.18. The topological polar surface area (TPSA) is 75.6 Å². The van der Waals surface area contributed by atoms with Gasteiger partial charge in [-0.25, -0.2) is 4.79 Å². The lowest BCUT2D eigenvalue weighted by Gasteiger charge is -2.20. The van der Waals surface area contributed by atoms with Crippen LogP contribution in [0.25, 0.3) is 0 Å². The molecule has 1 atom stereocenters. The molecule has 0 aromatic heterocycles. The van der Waals surface area contributed by atoms with Gasteiger partial charge < -0.3 is 15.2 Å². The summed E-state index contributed by atoms with van der Waals surface area (Å²) in [7, 11) is 0. The van der Waals surface area contributed by atoms with Crippen molar-refractivity contribution in [2.45, 2.75) is 58.6 Å². The molecule has 2 N–H and O–H groups in total. The molecule has 0 fully saturated rings. The number of carboxylic acid groups (broad SMARTS) is 1. The average Bonchev–Trinajstić information content (AvgIpc) is 2.19. The maximum Gasteiger partial charge on any atom is 0.326 e. The highest BCUT2D eigenvalue weighted by atomic mass is 16.5. The van der Waals surface area contributed by atoms with E-state index in [0.717, 1.165) is 12.8 Å². The Morgan fingerprint density at radius 3 is 2.35 bits per heavy atom. The Morgan fingerprint density at radius 2 is 1.94 bits per heavy atom. The largest absolute Gasteiger partial charge is 0.480 e. The van der Waals surface area contributed by atoms with Crippen molar-refractivity contribution in [1.29, 1.82) is 0 Å². The van der Waals surface area contributed by atoms with Crippen molar-refractivity contribution < 1.29 is 19.4 Å². The number of rotatable bonds is 7. The van der Waals surface area contributed by atoms with Crippen LogP contribution < -0.4 is 5.32 Å². The summed E-state index contributed by atoms with van der Waals surface area (Å²) in [6.07, 6.45) is 2.13. The van der Waals surface area contributed by atoms with Gasteiger partial charge in [-0.2, -0.15) is 0 Å². The number of ether oxygens (including phenoxy) is 1. The number of hydrogen-bond acceptors (Lipinski definition) is 3. The van der Waals surface area contributed by atoms with Crippen molar-refractivity contribution in [3.8, 4) is 0 Å². The number of carbonyl (C=O) groups excluding carboxylic acids is 1. The van der Waals surface area contributed by atoms with Crippen molar-refractivity contribution in [1.82, 2.24) is 5.32 Å². The van der Waals surface area contributed by atoms with Crippen LogP contribution in [-0.2, 0) is 14.3 Å². The third-order valence-electron chi connectivity index (χ3n) is 2.12. The summed E-state index contributed by atoms with van der Waals surface area (Å²) in [6.45, 7) is 7.38. The first-order valence-electron chi connectivity index (χ1n) is 5.92. The Labute approximate surface area is 103 Å². The fraction of sp³-hybridized carbons (Fsp3) is 0.833. The zero-order valence-electron chi connectivity index (χ0n) is 11.1. The third kappa shape index (κ3) is 8.68. The van der Waals surface area contributed by atoms with Crippen LogP contribution in [0.4, 0.5) is 0 Å². The second kappa shape index (κ2) is 7.27. The van der Waals surface area contributed by atoms with Crippen LogP contribution in [-0.4, -0.2) is 35.2 Å². The van der Waals surface area contributed by atoms with E-state index in [1.54, 1.807) is 0 Å². The zero-order chi connectivity index (χ0) is 13.5. The molecule has 17 heavy (non-hydrogen) atoms. The Kier molecular flexibility index (Phi) is 6.80. The Hall–Kier alpha value is -1.10. The van der Waals surface area contributed by atoms with Gasteiger partial charge in [0.25, 0.3) is 0 Å². The van der Waals surface area contributed by atoms with Gasteiger partial charge in [0.15, 0.2) is 0 Å². The molecule has 100 valence electrons. The van der Waals surface area contributed by atoms with Crippen LogP contribution >= 0.6 is 0 Å². The molecule has 0 aromatic carbocycles. The smallest absolute Gasteiger partial charge is 0.326 e. The molecule has 0 bridgehead atoms. The van der Waals surface area contributed by atoms with E-state index in [9.17, 15) is 9.59 Å². The molecule has 0 aliphatic heterocycles. The predicted molar refractivity (Wildman–Crippen MR) is 64.8 cm³/mol. The number of nitrogens with one attached hydrogen (secondary N) is 1. The minimum atomic E-state index is -0.998.